The second-order valence-corrected chi connectivity index (χ2v) is 3.84. The van der Waals surface area contributed by atoms with Gasteiger partial charge in [-0.3, -0.25) is 4.79 Å². The monoisotopic (exact) mass is 253 g/mol. The standard InChI is InChI=1S/C10H15N5O3/c1-15-5-6(16)12-7-8(11)13-10(14-9(7)15)18-4-3-17-2/h3-5H2,1-2H3,(H,12,16)(H2,11,13,14). The highest BCUT2D eigenvalue weighted by atomic mass is 16.5. The molecule has 1 aromatic rings. The fourth-order valence-electron chi connectivity index (χ4n) is 1.59. The van der Waals surface area contributed by atoms with Crippen LogP contribution in [0.2, 0.25) is 0 Å². The van der Waals surface area contributed by atoms with Crippen LogP contribution < -0.4 is 20.7 Å². The van der Waals surface area contributed by atoms with Gasteiger partial charge in [-0.25, -0.2) is 0 Å². The van der Waals surface area contributed by atoms with Crippen molar-refractivity contribution in [3.63, 3.8) is 0 Å². The molecule has 1 aliphatic rings. The average molecular weight is 253 g/mol. The van der Waals surface area contributed by atoms with Gasteiger partial charge in [-0.2, -0.15) is 9.97 Å². The van der Waals surface area contributed by atoms with E-state index in [1.807, 2.05) is 0 Å². The molecule has 0 radical (unpaired) electrons. The number of amides is 1. The summed E-state index contributed by atoms with van der Waals surface area (Å²) in [6, 6.07) is 0.172. The normalized spacial score (nSPS) is 14.1. The Morgan fingerprint density at radius 3 is 2.94 bits per heavy atom. The molecular formula is C10H15N5O3. The zero-order valence-corrected chi connectivity index (χ0v) is 10.3. The number of nitrogens with one attached hydrogen (secondary N) is 1. The van der Waals surface area contributed by atoms with Crippen molar-refractivity contribution in [3.8, 4) is 6.01 Å². The van der Waals surface area contributed by atoms with Crippen LogP contribution in [-0.2, 0) is 9.53 Å². The third-order valence-electron chi connectivity index (χ3n) is 2.42. The lowest BCUT2D eigenvalue weighted by Crippen LogP contribution is -2.36. The summed E-state index contributed by atoms with van der Waals surface area (Å²) >= 11 is 0. The Bertz CT molecular complexity index is 465. The number of carbonyl (C=O) groups is 1. The summed E-state index contributed by atoms with van der Waals surface area (Å²) in [6.45, 7) is 0.999. The maximum absolute atomic E-state index is 11.4. The predicted molar refractivity (Wildman–Crippen MR) is 65.7 cm³/mol. The summed E-state index contributed by atoms with van der Waals surface area (Å²) in [5.74, 6) is 0.593. The minimum absolute atomic E-state index is 0.145. The highest BCUT2D eigenvalue weighted by molar-refractivity contribution is 6.02. The summed E-state index contributed by atoms with van der Waals surface area (Å²) in [5.41, 5.74) is 6.19. The predicted octanol–water partition coefficient (Wildman–Crippen LogP) is -0.528. The minimum atomic E-state index is -0.145. The number of ether oxygens (including phenoxy) is 2. The van der Waals surface area contributed by atoms with Gasteiger partial charge in [0, 0.05) is 14.2 Å². The Kier molecular flexibility index (Phi) is 3.47. The molecule has 18 heavy (non-hydrogen) atoms. The van der Waals surface area contributed by atoms with Crippen molar-refractivity contribution in [3.05, 3.63) is 0 Å². The minimum Gasteiger partial charge on any atom is -0.461 e. The SMILES string of the molecule is COCCOc1nc(N)c2c(n1)N(C)CC(=O)N2. The molecule has 8 heteroatoms. The van der Waals surface area contributed by atoms with Crippen LogP contribution in [0.3, 0.4) is 0 Å². The number of anilines is 3. The van der Waals surface area contributed by atoms with Crippen LogP contribution in [0.1, 0.15) is 0 Å². The van der Waals surface area contributed by atoms with E-state index in [4.69, 9.17) is 15.2 Å². The van der Waals surface area contributed by atoms with Crippen molar-refractivity contribution in [2.75, 3.05) is 49.9 Å². The summed E-state index contributed by atoms with van der Waals surface area (Å²) in [6.07, 6.45) is 0. The van der Waals surface area contributed by atoms with Crippen molar-refractivity contribution in [2.24, 2.45) is 0 Å². The van der Waals surface area contributed by atoms with Gasteiger partial charge >= 0.3 is 6.01 Å². The van der Waals surface area contributed by atoms with Crippen LogP contribution in [0, 0.1) is 0 Å². The Labute approximate surface area is 104 Å². The third kappa shape index (κ3) is 2.43. The number of fused-ring (bicyclic) bond motifs is 1. The third-order valence-corrected chi connectivity index (χ3v) is 2.42. The smallest absolute Gasteiger partial charge is 0.320 e. The molecule has 0 saturated carbocycles. The first-order valence-corrected chi connectivity index (χ1v) is 5.42. The van der Waals surface area contributed by atoms with E-state index >= 15 is 0 Å². The van der Waals surface area contributed by atoms with Crippen LogP contribution in [0.5, 0.6) is 6.01 Å². The number of aromatic nitrogens is 2. The van der Waals surface area contributed by atoms with Crippen molar-refractivity contribution < 1.29 is 14.3 Å². The summed E-state index contributed by atoms with van der Waals surface area (Å²) in [7, 11) is 3.33. The highest BCUT2D eigenvalue weighted by Crippen LogP contribution is 2.32. The molecular weight excluding hydrogens is 238 g/mol. The molecule has 0 fully saturated rings. The number of rotatable bonds is 4. The van der Waals surface area contributed by atoms with E-state index in [0.29, 0.717) is 24.7 Å². The summed E-state index contributed by atoms with van der Waals surface area (Å²) in [4.78, 5) is 21.2. The first-order chi connectivity index (χ1) is 8.61. The molecule has 0 bridgehead atoms. The van der Waals surface area contributed by atoms with E-state index in [2.05, 4.69) is 15.3 Å². The number of carbonyl (C=O) groups excluding carboxylic acids is 1. The molecule has 98 valence electrons. The second kappa shape index (κ2) is 5.05. The number of nitrogens with zero attached hydrogens (tertiary/aromatic N) is 3. The molecule has 0 aliphatic carbocycles. The van der Waals surface area contributed by atoms with Gasteiger partial charge in [0.2, 0.25) is 5.91 Å². The number of nitrogens with two attached hydrogens (primary N) is 1. The van der Waals surface area contributed by atoms with Gasteiger partial charge in [-0.15, -0.1) is 0 Å². The molecule has 3 N–H and O–H groups in total. The van der Waals surface area contributed by atoms with Crippen molar-refractivity contribution in [1.82, 2.24) is 9.97 Å². The van der Waals surface area contributed by atoms with Crippen LogP contribution in [0.4, 0.5) is 17.3 Å². The molecule has 8 nitrogen and oxygen atoms in total. The van der Waals surface area contributed by atoms with Gasteiger partial charge in [0.15, 0.2) is 11.6 Å². The maximum Gasteiger partial charge on any atom is 0.320 e. The van der Waals surface area contributed by atoms with Gasteiger partial charge in [-0.05, 0) is 0 Å². The highest BCUT2D eigenvalue weighted by Gasteiger charge is 2.24. The van der Waals surface area contributed by atoms with Crippen LogP contribution in [0.25, 0.3) is 0 Å². The fraction of sp³-hybridized carbons (Fsp3) is 0.500. The van der Waals surface area contributed by atoms with E-state index in [1.165, 1.54) is 0 Å². The Morgan fingerprint density at radius 2 is 2.22 bits per heavy atom. The lowest BCUT2D eigenvalue weighted by Gasteiger charge is -2.26. The van der Waals surface area contributed by atoms with Crippen molar-refractivity contribution in [1.29, 1.82) is 0 Å². The molecule has 2 rings (SSSR count). The van der Waals surface area contributed by atoms with Crippen molar-refractivity contribution >= 4 is 23.2 Å². The van der Waals surface area contributed by atoms with E-state index in [-0.39, 0.29) is 24.3 Å². The van der Waals surface area contributed by atoms with Crippen LogP contribution >= 0.6 is 0 Å². The topological polar surface area (TPSA) is 103 Å². The average Bonchev–Trinajstić information content (AvgIpc) is 2.31. The fourth-order valence-corrected chi connectivity index (χ4v) is 1.59. The quantitative estimate of drug-likeness (QED) is 0.695. The molecule has 0 atom stereocenters. The number of nitrogen functional groups attached to an aromatic ring is 1. The molecule has 0 aromatic carbocycles. The number of hydrogen-bond acceptors (Lipinski definition) is 7. The largest absolute Gasteiger partial charge is 0.461 e. The number of likely N-dealkylation sites (N-methyl/N-ethyl adjacent to an activating group) is 1. The molecule has 0 unspecified atom stereocenters. The van der Waals surface area contributed by atoms with Gasteiger partial charge in [-0.1, -0.05) is 0 Å². The Morgan fingerprint density at radius 1 is 1.44 bits per heavy atom. The number of hydrogen-bond donors (Lipinski definition) is 2. The van der Waals surface area contributed by atoms with E-state index in [1.54, 1.807) is 19.1 Å². The molecule has 1 aliphatic heterocycles. The molecule has 2 heterocycles. The zero-order chi connectivity index (χ0) is 13.1. The molecule has 0 saturated heterocycles. The first kappa shape index (κ1) is 12.4. The molecule has 1 aromatic heterocycles. The van der Waals surface area contributed by atoms with Gasteiger partial charge in [0.1, 0.15) is 12.3 Å². The van der Waals surface area contributed by atoms with E-state index in [0.717, 1.165) is 0 Å². The van der Waals surface area contributed by atoms with Gasteiger partial charge in [0.25, 0.3) is 0 Å². The maximum atomic E-state index is 11.4. The lowest BCUT2D eigenvalue weighted by molar-refractivity contribution is -0.115. The van der Waals surface area contributed by atoms with E-state index in [9.17, 15) is 4.79 Å². The van der Waals surface area contributed by atoms with E-state index < -0.39 is 0 Å². The lowest BCUT2D eigenvalue weighted by atomic mass is 10.3. The summed E-state index contributed by atoms with van der Waals surface area (Å²) in [5, 5.41) is 2.64. The van der Waals surface area contributed by atoms with Crippen molar-refractivity contribution in [2.45, 2.75) is 0 Å². The molecule has 1 amide bonds. The van der Waals surface area contributed by atoms with Crippen LogP contribution in [0.15, 0.2) is 0 Å². The summed E-state index contributed by atoms with van der Waals surface area (Å²) < 4.78 is 10.2. The zero-order valence-electron chi connectivity index (χ0n) is 10.3. The van der Waals surface area contributed by atoms with Gasteiger partial charge < -0.3 is 25.4 Å². The Hall–Kier alpha value is -2.09. The Balaban J connectivity index is 2.24. The van der Waals surface area contributed by atoms with Gasteiger partial charge in [0.05, 0.1) is 13.2 Å². The number of methoxy groups -OCH3 is 1. The first-order valence-electron chi connectivity index (χ1n) is 5.42. The molecule has 0 spiro atoms. The van der Waals surface area contributed by atoms with Crippen LogP contribution in [-0.4, -0.2) is 49.8 Å². The second-order valence-electron chi connectivity index (χ2n) is 3.84.